The standard InChI is InChI=1S/C18H29N5O2S.HI/c1-2-19-18(20-9-11-23-10-6-16-26(23,24)25)22-14-12-21(13-15-22)17-7-4-3-5-8-17;/h3-5,7-8H,2,6,9-16H2,1H3,(H,19,20);1H. The van der Waals surface area contributed by atoms with Crippen LogP contribution in [0.1, 0.15) is 13.3 Å². The molecule has 2 aliphatic rings. The highest BCUT2D eigenvalue weighted by Gasteiger charge is 2.27. The topological polar surface area (TPSA) is 68.2 Å². The number of benzene rings is 1. The Morgan fingerprint density at radius 1 is 1.11 bits per heavy atom. The Labute approximate surface area is 179 Å². The van der Waals surface area contributed by atoms with Gasteiger partial charge in [-0.1, -0.05) is 18.2 Å². The minimum absolute atomic E-state index is 0. The van der Waals surface area contributed by atoms with Crippen molar-refractivity contribution in [3.63, 3.8) is 0 Å². The Bertz CT molecular complexity index is 706. The lowest BCUT2D eigenvalue weighted by atomic mass is 10.2. The van der Waals surface area contributed by atoms with Gasteiger partial charge >= 0.3 is 0 Å². The van der Waals surface area contributed by atoms with Crippen molar-refractivity contribution in [3.8, 4) is 0 Å². The highest BCUT2D eigenvalue weighted by Crippen LogP contribution is 2.16. The van der Waals surface area contributed by atoms with Crippen LogP contribution in [0.3, 0.4) is 0 Å². The van der Waals surface area contributed by atoms with Gasteiger partial charge in [-0.05, 0) is 25.5 Å². The number of hydrogen-bond donors (Lipinski definition) is 1. The maximum atomic E-state index is 11.9. The van der Waals surface area contributed by atoms with Crippen molar-refractivity contribution in [2.75, 3.05) is 63.0 Å². The monoisotopic (exact) mass is 507 g/mol. The molecule has 0 unspecified atom stereocenters. The summed E-state index contributed by atoms with van der Waals surface area (Å²) in [4.78, 5) is 9.32. The molecule has 0 aliphatic carbocycles. The zero-order valence-electron chi connectivity index (χ0n) is 15.9. The lowest BCUT2D eigenvalue weighted by Gasteiger charge is -2.37. The van der Waals surface area contributed by atoms with Gasteiger partial charge in [0.2, 0.25) is 10.0 Å². The van der Waals surface area contributed by atoms with E-state index in [1.165, 1.54) is 5.69 Å². The van der Waals surface area contributed by atoms with Gasteiger partial charge in [0, 0.05) is 51.5 Å². The summed E-state index contributed by atoms with van der Waals surface area (Å²) >= 11 is 0. The molecule has 0 amide bonds. The van der Waals surface area contributed by atoms with E-state index < -0.39 is 10.0 Å². The van der Waals surface area contributed by atoms with Crippen LogP contribution in [0.25, 0.3) is 0 Å². The van der Waals surface area contributed by atoms with Crippen LogP contribution in [0.15, 0.2) is 35.3 Å². The average molecular weight is 507 g/mol. The predicted molar refractivity (Wildman–Crippen MR) is 122 cm³/mol. The fraction of sp³-hybridized carbons (Fsp3) is 0.611. The molecule has 1 aromatic rings. The highest BCUT2D eigenvalue weighted by molar-refractivity contribution is 14.0. The molecule has 0 spiro atoms. The van der Waals surface area contributed by atoms with Crippen LogP contribution in [-0.4, -0.2) is 81.7 Å². The van der Waals surface area contributed by atoms with E-state index in [2.05, 4.69) is 51.3 Å². The predicted octanol–water partition coefficient (Wildman–Crippen LogP) is 1.43. The van der Waals surface area contributed by atoms with Crippen LogP contribution < -0.4 is 10.2 Å². The van der Waals surface area contributed by atoms with E-state index in [9.17, 15) is 8.42 Å². The molecule has 2 fully saturated rings. The van der Waals surface area contributed by atoms with E-state index in [4.69, 9.17) is 0 Å². The molecule has 152 valence electrons. The van der Waals surface area contributed by atoms with Crippen molar-refractivity contribution in [2.45, 2.75) is 13.3 Å². The van der Waals surface area contributed by atoms with Gasteiger partial charge in [-0.2, -0.15) is 0 Å². The summed E-state index contributed by atoms with van der Waals surface area (Å²) in [5, 5.41) is 3.34. The zero-order chi connectivity index (χ0) is 18.4. The van der Waals surface area contributed by atoms with Crippen molar-refractivity contribution >= 4 is 45.6 Å². The summed E-state index contributed by atoms with van der Waals surface area (Å²) in [7, 11) is -3.04. The maximum absolute atomic E-state index is 11.9. The van der Waals surface area contributed by atoms with Crippen molar-refractivity contribution in [1.29, 1.82) is 0 Å². The summed E-state index contributed by atoms with van der Waals surface area (Å²) < 4.78 is 25.3. The number of nitrogens with zero attached hydrogens (tertiary/aromatic N) is 4. The van der Waals surface area contributed by atoms with Crippen LogP contribution in [-0.2, 0) is 10.0 Å². The molecule has 3 rings (SSSR count). The van der Waals surface area contributed by atoms with Crippen LogP contribution in [0.5, 0.6) is 0 Å². The smallest absolute Gasteiger partial charge is 0.214 e. The number of anilines is 1. The quantitative estimate of drug-likeness (QED) is 0.371. The number of para-hydroxylation sites is 1. The van der Waals surface area contributed by atoms with E-state index >= 15 is 0 Å². The number of halogens is 1. The summed E-state index contributed by atoms with van der Waals surface area (Å²) in [5.41, 5.74) is 1.26. The molecule has 27 heavy (non-hydrogen) atoms. The third-order valence-corrected chi connectivity index (χ3v) is 6.81. The zero-order valence-corrected chi connectivity index (χ0v) is 19.0. The molecule has 2 heterocycles. The second-order valence-corrected chi connectivity index (χ2v) is 8.70. The summed E-state index contributed by atoms with van der Waals surface area (Å²) in [5.74, 6) is 1.16. The number of piperazine rings is 1. The highest BCUT2D eigenvalue weighted by atomic mass is 127. The number of guanidine groups is 1. The Balaban J connectivity index is 0.00000261. The third kappa shape index (κ3) is 5.95. The van der Waals surface area contributed by atoms with E-state index in [1.54, 1.807) is 4.31 Å². The molecule has 0 saturated carbocycles. The van der Waals surface area contributed by atoms with Gasteiger partial charge in [-0.15, -0.1) is 24.0 Å². The molecule has 2 saturated heterocycles. The van der Waals surface area contributed by atoms with Gasteiger partial charge in [0.25, 0.3) is 0 Å². The van der Waals surface area contributed by atoms with Crippen LogP contribution in [0.2, 0.25) is 0 Å². The average Bonchev–Trinajstić information content (AvgIpc) is 3.00. The number of nitrogens with one attached hydrogen (secondary N) is 1. The summed E-state index contributed by atoms with van der Waals surface area (Å²) in [6.45, 7) is 8.18. The van der Waals surface area contributed by atoms with Gasteiger partial charge in [-0.25, -0.2) is 12.7 Å². The van der Waals surface area contributed by atoms with Gasteiger partial charge < -0.3 is 15.1 Å². The molecule has 0 aromatic heterocycles. The molecule has 1 aromatic carbocycles. The first kappa shape index (κ1) is 22.2. The fourth-order valence-electron chi connectivity index (χ4n) is 3.45. The van der Waals surface area contributed by atoms with Crippen LogP contribution in [0.4, 0.5) is 5.69 Å². The van der Waals surface area contributed by atoms with Crippen LogP contribution in [0, 0.1) is 0 Å². The van der Waals surface area contributed by atoms with E-state index in [1.807, 2.05) is 6.07 Å². The van der Waals surface area contributed by atoms with Gasteiger partial charge in [-0.3, -0.25) is 4.99 Å². The van der Waals surface area contributed by atoms with Crippen molar-refractivity contribution in [3.05, 3.63) is 30.3 Å². The molecule has 7 nitrogen and oxygen atoms in total. The third-order valence-electron chi connectivity index (χ3n) is 4.85. The van der Waals surface area contributed by atoms with Gasteiger partial charge in [0.1, 0.15) is 0 Å². The first-order chi connectivity index (χ1) is 12.6. The second kappa shape index (κ2) is 10.5. The normalized spacial score (nSPS) is 20.4. The lowest BCUT2D eigenvalue weighted by Crippen LogP contribution is -2.52. The largest absolute Gasteiger partial charge is 0.368 e. The number of hydrogen-bond acceptors (Lipinski definition) is 4. The number of sulfonamides is 1. The van der Waals surface area contributed by atoms with E-state index in [0.717, 1.165) is 45.1 Å². The summed E-state index contributed by atoms with van der Waals surface area (Å²) in [6.07, 6.45) is 0.730. The number of rotatable bonds is 5. The minimum atomic E-state index is -3.04. The molecule has 0 atom stereocenters. The number of aliphatic imine (C=N–C) groups is 1. The molecule has 0 bridgehead atoms. The second-order valence-electron chi connectivity index (χ2n) is 6.61. The fourth-order valence-corrected chi connectivity index (χ4v) is 4.97. The Hall–Kier alpha value is -1.07. The molecular formula is C18H30IN5O2S. The van der Waals surface area contributed by atoms with E-state index in [-0.39, 0.29) is 29.7 Å². The SMILES string of the molecule is CCNC(=NCCN1CCCS1(=O)=O)N1CCN(c2ccccc2)CC1.I. The maximum Gasteiger partial charge on any atom is 0.214 e. The molecule has 9 heteroatoms. The van der Waals surface area contributed by atoms with Crippen molar-refractivity contribution < 1.29 is 8.42 Å². The van der Waals surface area contributed by atoms with Crippen molar-refractivity contribution in [1.82, 2.24) is 14.5 Å². The molecule has 2 aliphatic heterocycles. The van der Waals surface area contributed by atoms with Gasteiger partial charge in [0.05, 0.1) is 12.3 Å². The molecular weight excluding hydrogens is 477 g/mol. The Morgan fingerprint density at radius 3 is 2.41 bits per heavy atom. The summed E-state index contributed by atoms with van der Waals surface area (Å²) in [6, 6.07) is 10.5. The molecule has 1 N–H and O–H groups in total. The van der Waals surface area contributed by atoms with E-state index in [0.29, 0.717) is 19.6 Å². The Morgan fingerprint density at radius 2 is 1.81 bits per heavy atom. The lowest BCUT2D eigenvalue weighted by molar-refractivity contribution is 0.371. The first-order valence-electron chi connectivity index (χ1n) is 9.41. The Kier molecular flexibility index (Phi) is 8.62. The first-order valence-corrected chi connectivity index (χ1v) is 11.0. The molecule has 0 radical (unpaired) electrons. The van der Waals surface area contributed by atoms with Gasteiger partial charge in [0.15, 0.2) is 5.96 Å². The van der Waals surface area contributed by atoms with Crippen molar-refractivity contribution in [2.24, 2.45) is 4.99 Å². The van der Waals surface area contributed by atoms with Crippen LogP contribution >= 0.6 is 24.0 Å². The minimum Gasteiger partial charge on any atom is -0.368 e.